The lowest BCUT2D eigenvalue weighted by Gasteiger charge is -2.07. The number of nitrogens with one attached hydrogen (secondary N) is 3. The summed E-state index contributed by atoms with van der Waals surface area (Å²) < 4.78 is 1.26. The number of nitrogens with zero attached hydrogens (tertiary/aromatic N) is 2. The SMILES string of the molecule is O=C(Cn1cnc2sccc2c1=O)Nc1ccc2[nH]c(=O)[nH]c2c1. The van der Waals surface area contributed by atoms with E-state index in [1.807, 2.05) is 0 Å². The lowest BCUT2D eigenvalue weighted by Crippen LogP contribution is -2.27. The Hall–Kier alpha value is -3.20. The van der Waals surface area contributed by atoms with Crippen molar-refractivity contribution in [2.75, 3.05) is 5.32 Å². The number of benzene rings is 1. The van der Waals surface area contributed by atoms with Crippen molar-refractivity contribution in [2.45, 2.75) is 6.54 Å². The van der Waals surface area contributed by atoms with Crippen molar-refractivity contribution in [3.05, 3.63) is 56.8 Å². The molecule has 4 rings (SSSR count). The van der Waals surface area contributed by atoms with E-state index in [1.165, 1.54) is 22.2 Å². The third kappa shape index (κ3) is 2.50. The maximum absolute atomic E-state index is 12.3. The Morgan fingerprint density at radius 2 is 2.04 bits per heavy atom. The molecule has 1 amide bonds. The summed E-state index contributed by atoms with van der Waals surface area (Å²) in [5.74, 6) is -0.356. The summed E-state index contributed by atoms with van der Waals surface area (Å²) in [7, 11) is 0. The number of anilines is 1. The van der Waals surface area contributed by atoms with E-state index in [4.69, 9.17) is 0 Å². The van der Waals surface area contributed by atoms with E-state index >= 15 is 0 Å². The number of carbonyl (C=O) groups excluding carboxylic acids is 1. The molecule has 0 bridgehead atoms. The number of imidazole rings is 1. The number of H-pyrrole nitrogens is 2. The van der Waals surface area contributed by atoms with E-state index in [9.17, 15) is 14.4 Å². The first-order valence-electron chi connectivity index (χ1n) is 7.05. The van der Waals surface area contributed by atoms with Gasteiger partial charge in [0.1, 0.15) is 11.4 Å². The molecule has 9 heteroatoms. The highest BCUT2D eigenvalue weighted by atomic mass is 32.1. The van der Waals surface area contributed by atoms with E-state index in [1.54, 1.807) is 29.6 Å². The normalized spacial score (nSPS) is 11.2. The van der Waals surface area contributed by atoms with Crippen molar-refractivity contribution in [2.24, 2.45) is 0 Å². The van der Waals surface area contributed by atoms with Gasteiger partial charge in [0, 0.05) is 5.69 Å². The van der Waals surface area contributed by atoms with E-state index in [0.29, 0.717) is 26.9 Å². The minimum Gasteiger partial charge on any atom is -0.324 e. The van der Waals surface area contributed by atoms with Gasteiger partial charge in [-0.25, -0.2) is 9.78 Å². The second-order valence-electron chi connectivity index (χ2n) is 5.20. The Morgan fingerprint density at radius 1 is 1.21 bits per heavy atom. The van der Waals surface area contributed by atoms with Crippen molar-refractivity contribution in [3.63, 3.8) is 0 Å². The Morgan fingerprint density at radius 3 is 2.92 bits per heavy atom. The maximum Gasteiger partial charge on any atom is 0.323 e. The zero-order chi connectivity index (χ0) is 16.7. The van der Waals surface area contributed by atoms with Gasteiger partial charge in [0.15, 0.2) is 0 Å². The molecule has 0 radical (unpaired) electrons. The van der Waals surface area contributed by atoms with Gasteiger partial charge in [-0.05, 0) is 29.6 Å². The van der Waals surface area contributed by atoms with Gasteiger partial charge in [0.25, 0.3) is 5.56 Å². The Kier molecular flexibility index (Phi) is 3.28. The molecule has 8 nitrogen and oxygen atoms in total. The van der Waals surface area contributed by atoms with Crippen molar-refractivity contribution < 1.29 is 4.79 Å². The van der Waals surface area contributed by atoms with Gasteiger partial charge in [0.05, 0.1) is 22.7 Å². The van der Waals surface area contributed by atoms with Crippen molar-refractivity contribution >= 4 is 44.2 Å². The fourth-order valence-corrected chi connectivity index (χ4v) is 3.19. The molecule has 24 heavy (non-hydrogen) atoms. The Labute approximate surface area is 137 Å². The molecule has 3 N–H and O–H groups in total. The summed E-state index contributed by atoms with van der Waals surface area (Å²) in [6.07, 6.45) is 1.37. The van der Waals surface area contributed by atoms with Crippen LogP contribution in [0.3, 0.4) is 0 Å². The van der Waals surface area contributed by atoms with Crippen LogP contribution in [0.4, 0.5) is 5.69 Å². The monoisotopic (exact) mass is 341 g/mol. The Balaban J connectivity index is 1.57. The van der Waals surface area contributed by atoms with Crippen molar-refractivity contribution in [3.8, 4) is 0 Å². The summed E-state index contributed by atoms with van der Waals surface area (Å²) >= 11 is 1.38. The fourth-order valence-electron chi connectivity index (χ4n) is 2.47. The molecule has 0 spiro atoms. The van der Waals surface area contributed by atoms with Crippen LogP contribution in [0.5, 0.6) is 0 Å². The number of carbonyl (C=O) groups is 1. The summed E-state index contributed by atoms with van der Waals surface area (Å²) in [5, 5.41) is 4.99. The highest BCUT2D eigenvalue weighted by Gasteiger charge is 2.09. The molecule has 3 aromatic heterocycles. The fraction of sp³-hybridized carbons (Fsp3) is 0.0667. The third-order valence-corrected chi connectivity index (χ3v) is 4.38. The van der Waals surface area contributed by atoms with Gasteiger partial charge in [0.2, 0.25) is 5.91 Å². The summed E-state index contributed by atoms with van der Waals surface area (Å²) in [6, 6.07) is 6.70. The highest BCUT2D eigenvalue weighted by Crippen LogP contribution is 2.15. The number of thiophene rings is 1. The number of aromatic amines is 2. The summed E-state index contributed by atoms with van der Waals surface area (Å²) in [4.78, 5) is 45.7. The minimum absolute atomic E-state index is 0.140. The molecule has 0 unspecified atom stereocenters. The smallest absolute Gasteiger partial charge is 0.323 e. The topological polar surface area (TPSA) is 113 Å². The van der Waals surface area contributed by atoms with Crippen LogP contribution >= 0.6 is 11.3 Å². The Bertz CT molecular complexity index is 1180. The molecule has 120 valence electrons. The number of fused-ring (bicyclic) bond motifs is 2. The lowest BCUT2D eigenvalue weighted by molar-refractivity contribution is -0.116. The molecule has 4 aromatic rings. The molecule has 1 aromatic carbocycles. The number of amides is 1. The standard InChI is InChI=1S/C15H11N5O3S/c21-12(6-20-7-16-13-9(14(20)22)3-4-24-13)17-8-1-2-10-11(5-8)19-15(23)18-10/h1-5,7H,6H2,(H,17,21)(H2,18,19,23). The molecule has 0 fully saturated rings. The van der Waals surface area contributed by atoms with Crippen LogP contribution in [0.2, 0.25) is 0 Å². The third-order valence-electron chi connectivity index (χ3n) is 3.56. The van der Waals surface area contributed by atoms with Crippen LogP contribution in [0, 0.1) is 0 Å². The minimum atomic E-state index is -0.356. The van der Waals surface area contributed by atoms with Gasteiger partial charge in [-0.1, -0.05) is 0 Å². The summed E-state index contributed by atoms with van der Waals surface area (Å²) in [5.41, 5.74) is 1.22. The summed E-state index contributed by atoms with van der Waals surface area (Å²) in [6.45, 7) is -0.140. The second-order valence-corrected chi connectivity index (χ2v) is 6.10. The average molecular weight is 341 g/mol. The van der Waals surface area contributed by atoms with Crippen LogP contribution in [-0.4, -0.2) is 25.4 Å². The molecular formula is C15H11N5O3S. The maximum atomic E-state index is 12.3. The molecule has 0 saturated carbocycles. The molecule has 0 aliphatic heterocycles. The molecule has 0 aliphatic carbocycles. The highest BCUT2D eigenvalue weighted by molar-refractivity contribution is 7.16. The van der Waals surface area contributed by atoms with Gasteiger partial charge in [-0.2, -0.15) is 0 Å². The van der Waals surface area contributed by atoms with Gasteiger partial charge < -0.3 is 15.3 Å². The zero-order valence-electron chi connectivity index (χ0n) is 12.2. The lowest BCUT2D eigenvalue weighted by atomic mass is 10.2. The second kappa shape index (κ2) is 5.46. The van der Waals surface area contributed by atoms with E-state index < -0.39 is 0 Å². The predicted molar refractivity (Wildman–Crippen MR) is 91.4 cm³/mol. The molecule has 0 atom stereocenters. The molecule has 0 saturated heterocycles. The van der Waals surface area contributed by atoms with E-state index in [2.05, 4.69) is 20.3 Å². The predicted octanol–water partition coefficient (Wildman–Crippen LogP) is 1.27. The van der Waals surface area contributed by atoms with Crippen molar-refractivity contribution in [1.29, 1.82) is 0 Å². The quantitative estimate of drug-likeness (QED) is 0.521. The molecular weight excluding hydrogens is 330 g/mol. The van der Waals surface area contributed by atoms with Crippen LogP contribution in [-0.2, 0) is 11.3 Å². The van der Waals surface area contributed by atoms with Crippen LogP contribution in [0.25, 0.3) is 21.3 Å². The van der Waals surface area contributed by atoms with Crippen LogP contribution < -0.4 is 16.6 Å². The van der Waals surface area contributed by atoms with Gasteiger partial charge >= 0.3 is 5.69 Å². The largest absolute Gasteiger partial charge is 0.324 e. The first-order valence-corrected chi connectivity index (χ1v) is 7.93. The van der Waals surface area contributed by atoms with E-state index in [0.717, 1.165) is 0 Å². The number of aromatic nitrogens is 4. The van der Waals surface area contributed by atoms with Crippen LogP contribution in [0.1, 0.15) is 0 Å². The average Bonchev–Trinajstić information content (AvgIpc) is 3.15. The van der Waals surface area contributed by atoms with Crippen molar-refractivity contribution in [1.82, 2.24) is 19.5 Å². The molecule has 0 aliphatic rings. The molecule has 3 heterocycles. The number of rotatable bonds is 3. The first-order chi connectivity index (χ1) is 11.6. The van der Waals surface area contributed by atoms with Gasteiger partial charge in [-0.3, -0.25) is 14.2 Å². The van der Waals surface area contributed by atoms with E-state index in [-0.39, 0.29) is 23.7 Å². The van der Waals surface area contributed by atoms with Crippen LogP contribution in [0.15, 0.2) is 45.6 Å². The van der Waals surface area contributed by atoms with Gasteiger partial charge in [-0.15, -0.1) is 11.3 Å². The zero-order valence-corrected chi connectivity index (χ0v) is 13.0. The number of hydrogen-bond acceptors (Lipinski definition) is 5. The first kappa shape index (κ1) is 14.4. The number of hydrogen-bond donors (Lipinski definition) is 3.